The molecule has 0 bridgehead atoms. The molecule has 3 fully saturated rings. The first kappa shape index (κ1) is 16.6. The van der Waals surface area contributed by atoms with Gasteiger partial charge in [0, 0.05) is 67.5 Å². The van der Waals surface area contributed by atoms with Crippen molar-refractivity contribution in [2.45, 2.75) is 32.1 Å². The maximum absolute atomic E-state index is 12.7. The van der Waals surface area contributed by atoms with Crippen molar-refractivity contribution >= 4 is 17.2 Å². The van der Waals surface area contributed by atoms with Gasteiger partial charge in [-0.05, 0) is 44.2 Å². The van der Waals surface area contributed by atoms with Gasteiger partial charge in [0.15, 0.2) is 0 Å². The highest BCUT2D eigenvalue weighted by Crippen LogP contribution is 2.50. The molecule has 1 amide bonds. The quantitative estimate of drug-likeness (QED) is 0.839. The summed E-state index contributed by atoms with van der Waals surface area (Å²) < 4.78 is 5.45. The number of thiophene rings is 1. The molecular weight excluding hydrogens is 320 g/mol. The average Bonchev–Trinajstić information content (AvgIpc) is 3.30. The minimum Gasteiger partial charge on any atom is -0.381 e. The molecule has 0 spiro atoms. The fraction of sp³-hybridized carbons (Fsp3) is 0.737. The Balaban J connectivity index is 1.23. The lowest BCUT2D eigenvalue weighted by Gasteiger charge is -2.37. The number of carbonyl (C=O) groups excluding carboxylic acids is 1. The van der Waals surface area contributed by atoms with Crippen LogP contribution in [0.5, 0.6) is 0 Å². The topological polar surface area (TPSA) is 32.8 Å². The largest absolute Gasteiger partial charge is 0.381 e. The molecule has 1 aromatic rings. The molecule has 0 unspecified atom stereocenters. The van der Waals surface area contributed by atoms with E-state index in [1.165, 1.54) is 29.1 Å². The zero-order valence-electron chi connectivity index (χ0n) is 14.6. The Kier molecular flexibility index (Phi) is 4.93. The van der Waals surface area contributed by atoms with Crippen LogP contribution in [0.1, 0.15) is 34.9 Å². The lowest BCUT2D eigenvalue weighted by Crippen LogP contribution is -2.50. The third kappa shape index (κ3) is 3.68. The van der Waals surface area contributed by atoms with Crippen molar-refractivity contribution in [3.63, 3.8) is 0 Å². The number of carbonyl (C=O) groups is 1. The normalized spacial score (nSPS) is 29.0. The molecule has 3 aliphatic rings. The Bertz CT molecular complexity index is 574. The zero-order valence-corrected chi connectivity index (χ0v) is 15.4. The van der Waals surface area contributed by atoms with Crippen molar-refractivity contribution in [3.05, 3.63) is 21.9 Å². The first-order valence-corrected chi connectivity index (χ1v) is 10.2. The fourth-order valence-corrected chi connectivity index (χ4v) is 5.17. The fourth-order valence-electron chi connectivity index (χ4n) is 4.11. The number of hydrogen-bond donors (Lipinski definition) is 0. The van der Waals surface area contributed by atoms with Crippen LogP contribution in [0.25, 0.3) is 0 Å². The molecule has 1 saturated carbocycles. The molecule has 1 aromatic heterocycles. The van der Waals surface area contributed by atoms with Gasteiger partial charge in [-0.1, -0.05) is 0 Å². The monoisotopic (exact) mass is 348 g/mol. The second kappa shape index (κ2) is 7.14. The first-order valence-electron chi connectivity index (χ1n) is 9.36. The van der Waals surface area contributed by atoms with Gasteiger partial charge in [0.25, 0.3) is 0 Å². The number of aryl methyl sites for hydroxylation is 1. The summed E-state index contributed by atoms with van der Waals surface area (Å²) in [6.45, 7) is 9.08. The number of piperazine rings is 1. The number of ether oxygens (including phenoxy) is 1. The van der Waals surface area contributed by atoms with Gasteiger partial charge in [-0.25, -0.2) is 0 Å². The summed E-state index contributed by atoms with van der Waals surface area (Å²) in [5.74, 6) is 1.94. The number of nitrogens with zero attached hydrogens (tertiary/aromatic N) is 2. The molecule has 3 heterocycles. The molecule has 2 aliphatic heterocycles. The predicted octanol–water partition coefficient (Wildman–Crippen LogP) is 2.73. The highest BCUT2D eigenvalue weighted by atomic mass is 32.1. The van der Waals surface area contributed by atoms with E-state index in [1.54, 1.807) is 0 Å². The van der Waals surface area contributed by atoms with Gasteiger partial charge in [0.05, 0.1) is 0 Å². The molecule has 1 aliphatic carbocycles. The third-order valence-corrected chi connectivity index (χ3v) is 6.91. The Morgan fingerprint density at radius 2 is 1.96 bits per heavy atom. The van der Waals surface area contributed by atoms with Crippen LogP contribution in [0.4, 0.5) is 0 Å². The summed E-state index contributed by atoms with van der Waals surface area (Å²) in [4.78, 5) is 20.2. The van der Waals surface area contributed by atoms with E-state index in [0.29, 0.717) is 11.8 Å². The van der Waals surface area contributed by atoms with E-state index in [-0.39, 0.29) is 5.92 Å². The minimum absolute atomic E-state index is 0.255. The number of rotatable bonds is 4. The molecular formula is C19H28N2O2S. The standard InChI is InChI=1S/C19H28N2O2S/c1-14-2-3-18(24-14)16-12-17(16)19(22)21-8-6-20(7-9-21)13-15-4-10-23-11-5-15/h2-3,15-17H,4-13H2,1H3/t16-,17+/m1/s1. The van der Waals surface area contributed by atoms with Crippen LogP contribution < -0.4 is 0 Å². The van der Waals surface area contributed by atoms with Crippen molar-refractivity contribution in [3.8, 4) is 0 Å². The Morgan fingerprint density at radius 3 is 2.62 bits per heavy atom. The van der Waals surface area contributed by atoms with Crippen LogP contribution in [0.15, 0.2) is 12.1 Å². The molecule has 0 N–H and O–H groups in total. The van der Waals surface area contributed by atoms with Crippen molar-refractivity contribution in [2.75, 3.05) is 45.9 Å². The van der Waals surface area contributed by atoms with E-state index in [2.05, 4.69) is 28.9 Å². The van der Waals surface area contributed by atoms with Gasteiger partial charge < -0.3 is 9.64 Å². The van der Waals surface area contributed by atoms with Crippen molar-refractivity contribution in [2.24, 2.45) is 11.8 Å². The molecule has 0 radical (unpaired) electrons. The Morgan fingerprint density at radius 1 is 1.21 bits per heavy atom. The summed E-state index contributed by atoms with van der Waals surface area (Å²) in [7, 11) is 0. The van der Waals surface area contributed by atoms with Gasteiger partial charge in [-0.3, -0.25) is 9.69 Å². The molecule has 4 rings (SSSR count). The highest BCUT2D eigenvalue weighted by Gasteiger charge is 2.46. The molecule has 5 heteroatoms. The summed E-state index contributed by atoms with van der Waals surface area (Å²) in [5, 5.41) is 0. The maximum Gasteiger partial charge on any atom is 0.226 e. The second-order valence-electron chi connectivity index (χ2n) is 7.58. The maximum atomic E-state index is 12.7. The van der Waals surface area contributed by atoms with Crippen LogP contribution in [-0.2, 0) is 9.53 Å². The predicted molar refractivity (Wildman–Crippen MR) is 96.5 cm³/mol. The van der Waals surface area contributed by atoms with Crippen molar-refractivity contribution < 1.29 is 9.53 Å². The van der Waals surface area contributed by atoms with Gasteiger partial charge in [-0.2, -0.15) is 0 Å². The molecule has 2 saturated heterocycles. The summed E-state index contributed by atoms with van der Waals surface area (Å²) in [6, 6.07) is 4.39. The number of hydrogen-bond acceptors (Lipinski definition) is 4. The summed E-state index contributed by atoms with van der Waals surface area (Å²) in [5.41, 5.74) is 0. The lowest BCUT2D eigenvalue weighted by atomic mass is 9.99. The van der Waals surface area contributed by atoms with Crippen molar-refractivity contribution in [1.82, 2.24) is 9.80 Å². The smallest absolute Gasteiger partial charge is 0.226 e. The van der Waals surface area contributed by atoms with Gasteiger partial charge >= 0.3 is 0 Å². The van der Waals surface area contributed by atoms with Crippen molar-refractivity contribution in [1.29, 1.82) is 0 Å². The van der Waals surface area contributed by atoms with Crippen LogP contribution in [0.3, 0.4) is 0 Å². The molecule has 4 nitrogen and oxygen atoms in total. The van der Waals surface area contributed by atoms with Gasteiger partial charge in [0.1, 0.15) is 0 Å². The minimum atomic E-state index is 0.255. The highest BCUT2D eigenvalue weighted by molar-refractivity contribution is 7.12. The summed E-state index contributed by atoms with van der Waals surface area (Å²) >= 11 is 1.86. The Hall–Kier alpha value is -0.910. The third-order valence-electron chi connectivity index (χ3n) is 5.78. The van der Waals surface area contributed by atoms with E-state index in [0.717, 1.165) is 51.7 Å². The SMILES string of the molecule is Cc1ccc([C@@H]2C[C@@H]2C(=O)N2CCN(CC3CCOCC3)CC2)s1. The van der Waals surface area contributed by atoms with E-state index in [9.17, 15) is 4.79 Å². The van der Waals surface area contributed by atoms with E-state index < -0.39 is 0 Å². The lowest BCUT2D eigenvalue weighted by molar-refractivity contribution is -0.134. The molecule has 2 atom stereocenters. The molecule has 0 aromatic carbocycles. The van der Waals surface area contributed by atoms with Gasteiger partial charge in [-0.15, -0.1) is 11.3 Å². The average molecular weight is 349 g/mol. The van der Waals surface area contributed by atoms with Crippen LogP contribution in [0.2, 0.25) is 0 Å². The molecule has 132 valence electrons. The molecule has 24 heavy (non-hydrogen) atoms. The second-order valence-corrected chi connectivity index (χ2v) is 8.90. The summed E-state index contributed by atoms with van der Waals surface area (Å²) in [6.07, 6.45) is 3.45. The van der Waals surface area contributed by atoms with Crippen LogP contribution in [-0.4, -0.2) is 61.6 Å². The zero-order chi connectivity index (χ0) is 16.5. The van der Waals surface area contributed by atoms with Crippen LogP contribution >= 0.6 is 11.3 Å². The number of amides is 1. The first-order chi connectivity index (χ1) is 11.7. The van der Waals surface area contributed by atoms with Crippen LogP contribution in [0, 0.1) is 18.8 Å². The van der Waals surface area contributed by atoms with E-state index in [4.69, 9.17) is 4.74 Å². The Labute approximate surface area is 148 Å². The van der Waals surface area contributed by atoms with Gasteiger partial charge in [0.2, 0.25) is 5.91 Å². The van der Waals surface area contributed by atoms with E-state index >= 15 is 0 Å². The van der Waals surface area contributed by atoms with E-state index in [1.807, 2.05) is 11.3 Å².